The van der Waals surface area contributed by atoms with E-state index in [1.807, 2.05) is 30.3 Å². The zero-order chi connectivity index (χ0) is 11.8. The van der Waals surface area contributed by atoms with Crippen LogP contribution >= 0.6 is 0 Å². The minimum absolute atomic E-state index is 0.0196. The van der Waals surface area contributed by atoms with Gasteiger partial charge in [-0.25, -0.2) is 0 Å². The van der Waals surface area contributed by atoms with E-state index in [0.717, 1.165) is 5.56 Å². The number of carbonyl (C=O) groups excluding carboxylic acids is 2. The van der Waals surface area contributed by atoms with E-state index in [9.17, 15) is 9.59 Å². The maximum absolute atomic E-state index is 12.1. The number of imide groups is 1. The molecule has 0 spiro atoms. The van der Waals surface area contributed by atoms with E-state index < -0.39 is 0 Å². The highest BCUT2D eigenvalue weighted by atomic mass is 16.2. The van der Waals surface area contributed by atoms with Crippen molar-refractivity contribution in [3.63, 3.8) is 0 Å². The van der Waals surface area contributed by atoms with Gasteiger partial charge in [-0.15, -0.1) is 0 Å². The number of nitrogens with zero attached hydrogens (tertiary/aromatic N) is 1. The molecule has 2 heterocycles. The summed E-state index contributed by atoms with van der Waals surface area (Å²) in [6, 6.07) is 9.64. The molecule has 2 aliphatic rings. The number of likely N-dealkylation sites (tertiary alicyclic amines) is 1. The normalized spacial score (nSPS) is 27.6. The molecule has 1 N–H and O–H groups in total. The van der Waals surface area contributed by atoms with Crippen molar-refractivity contribution in [3.05, 3.63) is 35.9 Å². The van der Waals surface area contributed by atoms with Crippen LogP contribution in [0, 0.1) is 11.8 Å². The summed E-state index contributed by atoms with van der Waals surface area (Å²) in [7, 11) is 0. The molecule has 1 aromatic rings. The Labute approximate surface area is 99.6 Å². The Balaban J connectivity index is 1.81. The standard InChI is InChI=1S/C13H14N2O2/c16-12-10-6-14-7-11(10)13(17)15(12)8-9-4-2-1-3-5-9/h1-5,10-11,14H,6-8H2. The minimum Gasteiger partial charge on any atom is -0.315 e. The quantitative estimate of drug-likeness (QED) is 0.748. The molecule has 4 nitrogen and oxygen atoms in total. The van der Waals surface area contributed by atoms with Gasteiger partial charge in [0.15, 0.2) is 0 Å². The molecule has 0 radical (unpaired) electrons. The number of nitrogens with one attached hydrogen (secondary N) is 1. The lowest BCUT2D eigenvalue weighted by atomic mass is 10.00. The smallest absolute Gasteiger partial charge is 0.234 e. The second-order valence-corrected chi connectivity index (χ2v) is 4.62. The summed E-state index contributed by atoms with van der Waals surface area (Å²) < 4.78 is 0. The Hall–Kier alpha value is -1.68. The third kappa shape index (κ3) is 1.65. The lowest BCUT2D eigenvalue weighted by Crippen LogP contribution is -2.34. The molecule has 0 saturated carbocycles. The minimum atomic E-state index is -0.133. The second kappa shape index (κ2) is 3.96. The lowest BCUT2D eigenvalue weighted by Gasteiger charge is -2.15. The summed E-state index contributed by atoms with van der Waals surface area (Å²) in [6.45, 7) is 1.69. The van der Waals surface area contributed by atoms with E-state index >= 15 is 0 Å². The largest absolute Gasteiger partial charge is 0.315 e. The number of amides is 2. The third-order valence-corrected chi connectivity index (χ3v) is 3.56. The summed E-state index contributed by atoms with van der Waals surface area (Å²) in [5.41, 5.74) is 1.00. The molecule has 0 bridgehead atoms. The first-order valence-corrected chi connectivity index (χ1v) is 5.87. The summed E-state index contributed by atoms with van der Waals surface area (Å²) in [5.74, 6) is -0.305. The zero-order valence-corrected chi connectivity index (χ0v) is 9.43. The number of benzene rings is 1. The Bertz CT molecular complexity index is 436. The van der Waals surface area contributed by atoms with Crippen molar-refractivity contribution >= 4 is 11.8 Å². The van der Waals surface area contributed by atoms with Crippen molar-refractivity contribution in [2.24, 2.45) is 11.8 Å². The molecule has 2 atom stereocenters. The summed E-state index contributed by atoms with van der Waals surface area (Å²) in [6.07, 6.45) is 0. The van der Waals surface area contributed by atoms with E-state index in [1.54, 1.807) is 0 Å². The van der Waals surface area contributed by atoms with Crippen LogP contribution < -0.4 is 5.32 Å². The summed E-state index contributed by atoms with van der Waals surface area (Å²) in [4.78, 5) is 25.5. The summed E-state index contributed by atoms with van der Waals surface area (Å²) in [5, 5.41) is 3.10. The molecular formula is C13H14N2O2. The number of carbonyl (C=O) groups is 2. The average Bonchev–Trinajstić information content (AvgIpc) is 2.91. The Morgan fingerprint density at radius 3 is 2.24 bits per heavy atom. The molecule has 1 aromatic carbocycles. The van der Waals surface area contributed by atoms with Crippen molar-refractivity contribution in [2.75, 3.05) is 13.1 Å². The van der Waals surface area contributed by atoms with E-state index in [4.69, 9.17) is 0 Å². The number of hydrogen-bond donors (Lipinski definition) is 1. The average molecular weight is 230 g/mol. The van der Waals surface area contributed by atoms with E-state index in [0.29, 0.717) is 19.6 Å². The fraction of sp³-hybridized carbons (Fsp3) is 0.385. The van der Waals surface area contributed by atoms with Crippen LogP contribution in [0.15, 0.2) is 30.3 Å². The first kappa shape index (κ1) is 10.5. The maximum atomic E-state index is 12.1. The van der Waals surface area contributed by atoms with Gasteiger partial charge in [0, 0.05) is 13.1 Å². The highest BCUT2D eigenvalue weighted by molar-refractivity contribution is 6.05. The van der Waals surface area contributed by atoms with Crippen molar-refractivity contribution < 1.29 is 9.59 Å². The second-order valence-electron chi connectivity index (χ2n) is 4.62. The topological polar surface area (TPSA) is 49.4 Å². The highest BCUT2D eigenvalue weighted by Crippen LogP contribution is 2.30. The maximum Gasteiger partial charge on any atom is 0.234 e. The van der Waals surface area contributed by atoms with Crippen LogP contribution in [0.3, 0.4) is 0 Å². The van der Waals surface area contributed by atoms with Gasteiger partial charge in [0.25, 0.3) is 0 Å². The molecule has 88 valence electrons. The van der Waals surface area contributed by atoms with Crippen LogP contribution in [-0.4, -0.2) is 29.8 Å². The van der Waals surface area contributed by atoms with Gasteiger partial charge in [-0.1, -0.05) is 30.3 Å². The molecule has 0 aliphatic carbocycles. The molecule has 2 saturated heterocycles. The van der Waals surface area contributed by atoms with Gasteiger partial charge in [0.05, 0.1) is 18.4 Å². The van der Waals surface area contributed by atoms with Crippen LogP contribution in [0.4, 0.5) is 0 Å². The van der Waals surface area contributed by atoms with Crippen LogP contribution in [0.2, 0.25) is 0 Å². The number of rotatable bonds is 2. The summed E-state index contributed by atoms with van der Waals surface area (Å²) >= 11 is 0. The third-order valence-electron chi connectivity index (χ3n) is 3.56. The fourth-order valence-corrected chi connectivity index (χ4v) is 2.63. The van der Waals surface area contributed by atoms with E-state index in [1.165, 1.54) is 4.90 Å². The molecule has 2 unspecified atom stereocenters. The van der Waals surface area contributed by atoms with Crippen LogP contribution in [0.1, 0.15) is 5.56 Å². The van der Waals surface area contributed by atoms with Gasteiger partial charge in [-0.2, -0.15) is 0 Å². The van der Waals surface area contributed by atoms with Crippen molar-refractivity contribution in [1.82, 2.24) is 10.2 Å². The Morgan fingerprint density at radius 2 is 1.65 bits per heavy atom. The zero-order valence-electron chi connectivity index (χ0n) is 9.43. The number of fused-ring (bicyclic) bond motifs is 1. The molecule has 2 aliphatic heterocycles. The molecule has 4 heteroatoms. The van der Waals surface area contributed by atoms with Gasteiger partial charge in [-0.3, -0.25) is 14.5 Å². The van der Waals surface area contributed by atoms with E-state index in [2.05, 4.69) is 5.32 Å². The molecule has 2 amide bonds. The van der Waals surface area contributed by atoms with Crippen molar-refractivity contribution in [1.29, 1.82) is 0 Å². The van der Waals surface area contributed by atoms with Crippen molar-refractivity contribution in [3.8, 4) is 0 Å². The molecule has 17 heavy (non-hydrogen) atoms. The van der Waals surface area contributed by atoms with Gasteiger partial charge in [-0.05, 0) is 5.56 Å². The first-order chi connectivity index (χ1) is 8.27. The van der Waals surface area contributed by atoms with Crippen LogP contribution in [0.25, 0.3) is 0 Å². The Kier molecular flexibility index (Phi) is 2.44. The van der Waals surface area contributed by atoms with Gasteiger partial charge < -0.3 is 5.32 Å². The molecular weight excluding hydrogens is 216 g/mol. The number of hydrogen-bond acceptors (Lipinski definition) is 3. The highest BCUT2D eigenvalue weighted by Gasteiger charge is 2.49. The monoisotopic (exact) mass is 230 g/mol. The molecule has 0 aromatic heterocycles. The van der Waals surface area contributed by atoms with Crippen LogP contribution in [-0.2, 0) is 16.1 Å². The van der Waals surface area contributed by atoms with Gasteiger partial charge >= 0.3 is 0 Å². The fourth-order valence-electron chi connectivity index (χ4n) is 2.63. The Morgan fingerprint density at radius 1 is 1.06 bits per heavy atom. The molecule has 2 fully saturated rings. The van der Waals surface area contributed by atoms with Crippen LogP contribution in [0.5, 0.6) is 0 Å². The lowest BCUT2D eigenvalue weighted by molar-refractivity contribution is -0.140. The van der Waals surface area contributed by atoms with Gasteiger partial charge in [0.2, 0.25) is 11.8 Å². The van der Waals surface area contributed by atoms with Gasteiger partial charge in [0.1, 0.15) is 0 Å². The predicted octanol–water partition coefficient (Wildman–Crippen LogP) is 0.391. The first-order valence-electron chi connectivity index (χ1n) is 5.87. The van der Waals surface area contributed by atoms with Crippen molar-refractivity contribution in [2.45, 2.75) is 6.54 Å². The van der Waals surface area contributed by atoms with E-state index in [-0.39, 0.29) is 23.7 Å². The molecule has 3 rings (SSSR count). The predicted molar refractivity (Wildman–Crippen MR) is 61.8 cm³/mol. The SMILES string of the molecule is O=C1C2CNCC2C(=O)N1Cc1ccccc1.